The molecule has 1 aromatic carbocycles. The fraction of sp³-hybridized carbons (Fsp3) is 0.450. The van der Waals surface area contributed by atoms with Gasteiger partial charge in [0.25, 0.3) is 0 Å². The van der Waals surface area contributed by atoms with Gasteiger partial charge < -0.3 is 19.7 Å². The van der Waals surface area contributed by atoms with Crippen molar-refractivity contribution < 1.29 is 9.47 Å². The van der Waals surface area contributed by atoms with Crippen molar-refractivity contribution >= 4 is 5.82 Å². The number of aromatic nitrogens is 1. The van der Waals surface area contributed by atoms with Crippen molar-refractivity contribution in [3.63, 3.8) is 0 Å². The Morgan fingerprint density at radius 3 is 2.64 bits per heavy atom. The monoisotopic (exact) mass is 339 g/mol. The predicted molar refractivity (Wildman–Crippen MR) is 98.5 cm³/mol. The lowest BCUT2D eigenvalue weighted by Crippen LogP contribution is -2.43. The zero-order valence-corrected chi connectivity index (χ0v) is 14.6. The fourth-order valence-electron chi connectivity index (χ4n) is 3.60. The molecule has 1 unspecified atom stereocenters. The second-order valence-electron chi connectivity index (χ2n) is 6.74. The van der Waals surface area contributed by atoms with Crippen molar-refractivity contribution in [2.45, 2.75) is 31.8 Å². The molecule has 1 atom stereocenters. The average molecular weight is 339 g/mol. The van der Waals surface area contributed by atoms with Crippen LogP contribution in [0.15, 0.2) is 42.6 Å². The molecule has 2 aromatic rings. The van der Waals surface area contributed by atoms with Crippen molar-refractivity contribution in [1.29, 1.82) is 0 Å². The number of hydrogen-bond acceptors (Lipinski definition) is 5. The predicted octanol–water partition coefficient (Wildman–Crippen LogP) is 3.17. The number of piperidine rings is 1. The molecule has 5 heteroatoms. The number of nitrogens with zero attached hydrogens (tertiary/aromatic N) is 2. The van der Waals surface area contributed by atoms with Gasteiger partial charge in [-0.05, 0) is 49.6 Å². The lowest BCUT2D eigenvalue weighted by Gasteiger charge is -2.34. The van der Waals surface area contributed by atoms with E-state index in [0.29, 0.717) is 25.3 Å². The van der Waals surface area contributed by atoms with Crippen LogP contribution in [0.3, 0.4) is 0 Å². The SMILES string of the molecule is CC(NC1CCN(c2ccccn2)CC1)c1ccc2c(c1)OCCO2. The summed E-state index contributed by atoms with van der Waals surface area (Å²) in [5.41, 5.74) is 1.25. The van der Waals surface area contributed by atoms with Crippen LogP contribution in [0.1, 0.15) is 31.4 Å². The van der Waals surface area contributed by atoms with E-state index in [0.717, 1.165) is 43.2 Å². The third-order valence-electron chi connectivity index (χ3n) is 5.02. The number of ether oxygens (including phenoxy) is 2. The summed E-state index contributed by atoms with van der Waals surface area (Å²) in [5.74, 6) is 2.80. The smallest absolute Gasteiger partial charge is 0.161 e. The van der Waals surface area contributed by atoms with Crippen LogP contribution in [0.4, 0.5) is 5.82 Å². The normalized spacial score (nSPS) is 18.8. The zero-order chi connectivity index (χ0) is 17.1. The molecule has 1 aromatic heterocycles. The van der Waals surface area contributed by atoms with E-state index in [2.05, 4.69) is 46.4 Å². The molecule has 0 aliphatic carbocycles. The summed E-state index contributed by atoms with van der Waals surface area (Å²) < 4.78 is 11.3. The van der Waals surface area contributed by atoms with Crippen LogP contribution in [0.5, 0.6) is 11.5 Å². The molecule has 0 spiro atoms. The summed E-state index contributed by atoms with van der Waals surface area (Å²) in [6, 6.07) is 13.2. The second kappa shape index (κ2) is 7.31. The van der Waals surface area contributed by atoms with E-state index in [9.17, 15) is 0 Å². The Hall–Kier alpha value is -2.27. The second-order valence-corrected chi connectivity index (χ2v) is 6.74. The van der Waals surface area contributed by atoms with Crippen molar-refractivity contribution in [3.8, 4) is 11.5 Å². The van der Waals surface area contributed by atoms with Gasteiger partial charge in [0, 0.05) is 31.4 Å². The lowest BCUT2D eigenvalue weighted by atomic mass is 10.0. The maximum absolute atomic E-state index is 5.70. The highest BCUT2D eigenvalue weighted by atomic mass is 16.6. The van der Waals surface area contributed by atoms with Crippen LogP contribution in [0.2, 0.25) is 0 Å². The number of benzene rings is 1. The van der Waals surface area contributed by atoms with E-state index in [1.807, 2.05) is 18.3 Å². The molecular formula is C20H25N3O2. The number of rotatable bonds is 4. The summed E-state index contributed by atoms with van der Waals surface area (Å²) in [6.45, 7) is 5.57. The van der Waals surface area contributed by atoms with E-state index in [-0.39, 0.29) is 0 Å². The number of nitrogens with one attached hydrogen (secondary N) is 1. The molecule has 4 rings (SSSR count). The quantitative estimate of drug-likeness (QED) is 0.927. The molecule has 0 radical (unpaired) electrons. The van der Waals surface area contributed by atoms with Crippen LogP contribution in [0.25, 0.3) is 0 Å². The number of fused-ring (bicyclic) bond motifs is 1. The Kier molecular flexibility index (Phi) is 4.74. The van der Waals surface area contributed by atoms with E-state index in [1.54, 1.807) is 0 Å². The van der Waals surface area contributed by atoms with Crippen LogP contribution >= 0.6 is 0 Å². The van der Waals surface area contributed by atoms with Gasteiger partial charge in [-0.2, -0.15) is 0 Å². The fourth-order valence-corrected chi connectivity index (χ4v) is 3.60. The molecule has 1 fully saturated rings. The number of hydrogen-bond donors (Lipinski definition) is 1. The van der Waals surface area contributed by atoms with Crippen LogP contribution < -0.4 is 19.7 Å². The van der Waals surface area contributed by atoms with Gasteiger partial charge in [-0.1, -0.05) is 12.1 Å². The third-order valence-corrected chi connectivity index (χ3v) is 5.02. The molecule has 0 saturated carbocycles. The molecule has 0 amide bonds. The van der Waals surface area contributed by atoms with Crippen LogP contribution in [-0.4, -0.2) is 37.3 Å². The molecule has 1 saturated heterocycles. The first kappa shape index (κ1) is 16.2. The molecule has 3 heterocycles. The maximum atomic E-state index is 5.70. The lowest BCUT2D eigenvalue weighted by molar-refractivity contribution is 0.171. The van der Waals surface area contributed by atoms with Gasteiger partial charge >= 0.3 is 0 Å². The van der Waals surface area contributed by atoms with Gasteiger partial charge in [0.05, 0.1) is 0 Å². The molecule has 0 bridgehead atoms. The Balaban J connectivity index is 1.34. The van der Waals surface area contributed by atoms with Gasteiger partial charge in [-0.15, -0.1) is 0 Å². The number of anilines is 1. The minimum absolute atomic E-state index is 0.294. The first-order valence-corrected chi connectivity index (χ1v) is 9.11. The van der Waals surface area contributed by atoms with E-state index in [4.69, 9.17) is 9.47 Å². The van der Waals surface area contributed by atoms with Gasteiger partial charge in [-0.3, -0.25) is 0 Å². The zero-order valence-electron chi connectivity index (χ0n) is 14.6. The molecule has 132 valence electrons. The summed E-state index contributed by atoms with van der Waals surface area (Å²) in [5, 5.41) is 3.77. The average Bonchev–Trinajstić information content (AvgIpc) is 2.69. The molecule has 5 nitrogen and oxygen atoms in total. The van der Waals surface area contributed by atoms with Gasteiger partial charge in [-0.25, -0.2) is 4.98 Å². The van der Waals surface area contributed by atoms with Gasteiger partial charge in [0.2, 0.25) is 0 Å². The minimum atomic E-state index is 0.294. The van der Waals surface area contributed by atoms with Gasteiger partial charge in [0.1, 0.15) is 19.0 Å². The molecule has 25 heavy (non-hydrogen) atoms. The van der Waals surface area contributed by atoms with Crippen molar-refractivity contribution in [3.05, 3.63) is 48.2 Å². The Morgan fingerprint density at radius 2 is 1.88 bits per heavy atom. The largest absolute Gasteiger partial charge is 0.486 e. The highest BCUT2D eigenvalue weighted by Crippen LogP contribution is 2.33. The van der Waals surface area contributed by atoms with E-state index in [1.165, 1.54) is 5.56 Å². The van der Waals surface area contributed by atoms with Gasteiger partial charge in [0.15, 0.2) is 11.5 Å². The van der Waals surface area contributed by atoms with Crippen LogP contribution in [-0.2, 0) is 0 Å². The minimum Gasteiger partial charge on any atom is -0.486 e. The molecule has 2 aliphatic heterocycles. The number of pyridine rings is 1. The summed E-state index contributed by atoms with van der Waals surface area (Å²) in [6.07, 6.45) is 4.13. The summed E-state index contributed by atoms with van der Waals surface area (Å²) >= 11 is 0. The molecule has 1 N–H and O–H groups in total. The molecular weight excluding hydrogens is 314 g/mol. The summed E-state index contributed by atoms with van der Waals surface area (Å²) in [7, 11) is 0. The van der Waals surface area contributed by atoms with Crippen LogP contribution in [0, 0.1) is 0 Å². The Labute approximate surface area is 149 Å². The van der Waals surface area contributed by atoms with E-state index < -0.39 is 0 Å². The summed E-state index contributed by atoms with van der Waals surface area (Å²) in [4.78, 5) is 6.82. The highest BCUT2D eigenvalue weighted by molar-refractivity contribution is 5.44. The van der Waals surface area contributed by atoms with Crippen molar-refractivity contribution in [2.75, 3.05) is 31.2 Å². The maximum Gasteiger partial charge on any atom is 0.161 e. The highest BCUT2D eigenvalue weighted by Gasteiger charge is 2.22. The standard InChI is InChI=1S/C20H25N3O2/c1-15(16-5-6-18-19(14-16)25-13-12-24-18)22-17-7-10-23(11-8-17)20-4-2-3-9-21-20/h2-6,9,14-15,17,22H,7-8,10-13H2,1H3. The Bertz CT molecular complexity index is 699. The van der Waals surface area contributed by atoms with E-state index >= 15 is 0 Å². The third kappa shape index (κ3) is 3.71. The molecule has 2 aliphatic rings. The Morgan fingerprint density at radius 1 is 1.08 bits per heavy atom. The topological polar surface area (TPSA) is 46.6 Å². The van der Waals surface area contributed by atoms with Crippen molar-refractivity contribution in [2.24, 2.45) is 0 Å². The first-order chi connectivity index (χ1) is 12.3. The van der Waals surface area contributed by atoms with Crippen molar-refractivity contribution in [1.82, 2.24) is 10.3 Å². The first-order valence-electron chi connectivity index (χ1n) is 9.11.